The number of methoxy groups -OCH3 is 1. The van der Waals surface area contributed by atoms with Crippen molar-refractivity contribution in [3.63, 3.8) is 0 Å². The van der Waals surface area contributed by atoms with Crippen molar-refractivity contribution < 1.29 is 14.3 Å². The van der Waals surface area contributed by atoms with Gasteiger partial charge in [0.05, 0.1) is 20.2 Å². The number of likely N-dealkylation sites (tertiary alicyclic amines) is 1. The summed E-state index contributed by atoms with van der Waals surface area (Å²) < 4.78 is 11.9. The van der Waals surface area contributed by atoms with Crippen LogP contribution in [0.25, 0.3) is 12.8 Å². The van der Waals surface area contributed by atoms with Gasteiger partial charge in [-0.15, -0.1) is 6.42 Å². The number of nitrogens with one attached hydrogen (secondary N) is 1. The molecule has 4 rings (SSSR count). The van der Waals surface area contributed by atoms with Crippen molar-refractivity contribution in [1.82, 2.24) is 14.8 Å². The first-order valence-electron chi connectivity index (χ1n) is 13.9. The number of anilines is 1. The Morgan fingerprint density at radius 1 is 1.29 bits per heavy atom. The van der Waals surface area contributed by atoms with Crippen LogP contribution in [0.3, 0.4) is 0 Å². The van der Waals surface area contributed by atoms with E-state index in [4.69, 9.17) is 20.9 Å². The summed E-state index contributed by atoms with van der Waals surface area (Å²) in [4.78, 5) is 21.0. The van der Waals surface area contributed by atoms with E-state index in [1.165, 1.54) is 0 Å². The van der Waals surface area contributed by atoms with Crippen LogP contribution in [0.4, 0.5) is 5.69 Å². The number of rotatable bonds is 9. The maximum Gasteiger partial charge on any atom is 0.236 e. The van der Waals surface area contributed by atoms with Gasteiger partial charge in [-0.3, -0.25) is 9.80 Å². The molecular weight excluding hydrogens is 516 g/mol. The number of aliphatic imine (C=N–C) groups is 1. The van der Waals surface area contributed by atoms with Gasteiger partial charge < -0.3 is 24.6 Å². The summed E-state index contributed by atoms with van der Waals surface area (Å²) in [6.45, 7) is 8.65. The lowest BCUT2D eigenvalue weighted by molar-refractivity contribution is -0.131. The summed E-state index contributed by atoms with van der Waals surface area (Å²) in [6, 6.07) is 9.85. The fourth-order valence-electron chi connectivity index (χ4n) is 4.93. The molecule has 216 valence electrons. The van der Waals surface area contributed by atoms with Crippen LogP contribution >= 0.6 is 0 Å². The third-order valence-electron chi connectivity index (χ3n) is 7.13. The molecule has 2 aromatic carbocycles. The van der Waals surface area contributed by atoms with Crippen molar-refractivity contribution in [1.29, 1.82) is 0 Å². The van der Waals surface area contributed by atoms with Crippen molar-refractivity contribution in [3.05, 3.63) is 51.9 Å². The summed E-state index contributed by atoms with van der Waals surface area (Å²) in [5.74, 6) is 5.08. The van der Waals surface area contributed by atoms with Crippen LogP contribution in [-0.4, -0.2) is 93.3 Å². The van der Waals surface area contributed by atoms with E-state index >= 15 is 0 Å². The topological polar surface area (TPSA) is 82.0 Å². The number of carbonyl (C=O) groups is 1. The van der Waals surface area contributed by atoms with Gasteiger partial charge in [0.15, 0.2) is 0 Å². The fourth-order valence-corrected chi connectivity index (χ4v) is 4.93. The van der Waals surface area contributed by atoms with Crippen molar-refractivity contribution in [2.75, 3.05) is 59.7 Å². The Labute approximate surface area is 242 Å². The zero-order valence-corrected chi connectivity index (χ0v) is 24.7. The lowest BCUT2D eigenvalue weighted by atomic mass is 9.99. The highest BCUT2D eigenvalue weighted by atomic mass is 16.5. The van der Waals surface area contributed by atoms with Gasteiger partial charge in [-0.1, -0.05) is 19.4 Å². The first-order chi connectivity index (χ1) is 19.7. The minimum atomic E-state index is -0.0642. The number of nitrogens with zero attached hydrogens (tertiary/aromatic N) is 5. The van der Waals surface area contributed by atoms with Gasteiger partial charge in [-0.05, 0) is 43.9 Å². The summed E-state index contributed by atoms with van der Waals surface area (Å²) in [5, 5.41) is 11.4. The standard InChI is InChI=1S/C32H40N6O3/c1-8-23-12-25(22(3)30(13-23)40-7)17-33-31(9-2)35-27-14-24(26-18-34-37(6)19-26)15-29(16-27)41-28-10-11-38(20-28)32(39)21-36(4)5/h1,12-18,26,28H,3,9-11,19-21H2,2,4-7H3,(H,33,35)/b25-17-/t26?,28-/m1/s1. The van der Waals surface area contributed by atoms with Gasteiger partial charge in [-0.25, -0.2) is 4.99 Å². The monoisotopic (exact) mass is 556 g/mol. The second-order valence-corrected chi connectivity index (χ2v) is 10.7. The predicted octanol–water partition coefficient (Wildman–Crippen LogP) is 2.30. The fraction of sp³-hybridized carbons (Fsp3) is 0.406. The average molecular weight is 557 g/mol. The van der Waals surface area contributed by atoms with Crippen LogP contribution in [-0.2, 0) is 4.79 Å². The molecule has 2 aromatic rings. The molecule has 0 radical (unpaired) electrons. The van der Waals surface area contributed by atoms with Crippen molar-refractivity contribution >= 4 is 36.4 Å². The number of likely N-dealkylation sites (N-methyl/N-ethyl adjacent to an activating group) is 2. The molecule has 2 aliphatic rings. The van der Waals surface area contributed by atoms with E-state index in [2.05, 4.69) is 35.1 Å². The molecule has 9 nitrogen and oxygen atoms in total. The molecule has 1 N–H and O–H groups in total. The predicted molar refractivity (Wildman–Crippen MR) is 166 cm³/mol. The van der Waals surface area contributed by atoms with Gasteiger partial charge in [0.2, 0.25) is 5.91 Å². The van der Waals surface area contributed by atoms with Crippen LogP contribution < -0.4 is 25.2 Å². The van der Waals surface area contributed by atoms with Gasteiger partial charge in [0, 0.05) is 79.1 Å². The highest BCUT2D eigenvalue weighted by Crippen LogP contribution is 2.30. The smallest absolute Gasteiger partial charge is 0.236 e. The molecule has 0 bridgehead atoms. The molecule has 2 aliphatic heterocycles. The molecule has 41 heavy (non-hydrogen) atoms. The van der Waals surface area contributed by atoms with Gasteiger partial charge >= 0.3 is 0 Å². The van der Waals surface area contributed by atoms with E-state index in [9.17, 15) is 4.79 Å². The maximum atomic E-state index is 12.5. The number of terminal acetylenes is 1. The third kappa shape index (κ3) is 7.68. The summed E-state index contributed by atoms with van der Waals surface area (Å²) in [7, 11) is 7.37. The minimum absolute atomic E-state index is 0.0642. The zero-order chi connectivity index (χ0) is 29.5. The summed E-state index contributed by atoms with van der Waals surface area (Å²) in [5.41, 5.74) is 2.67. The van der Waals surface area contributed by atoms with Gasteiger partial charge in [0.25, 0.3) is 0 Å². The Hall–Kier alpha value is -4.29. The first-order valence-corrected chi connectivity index (χ1v) is 13.9. The number of hydrogen-bond acceptors (Lipinski definition) is 7. The second kappa shape index (κ2) is 13.4. The molecule has 1 unspecified atom stereocenters. The highest BCUT2D eigenvalue weighted by Gasteiger charge is 2.28. The largest absolute Gasteiger partial charge is 0.496 e. The average Bonchev–Trinajstić information content (AvgIpc) is 3.60. The number of ether oxygens (including phenoxy) is 2. The van der Waals surface area contributed by atoms with Crippen molar-refractivity contribution in [3.8, 4) is 23.8 Å². The molecule has 1 fully saturated rings. The van der Waals surface area contributed by atoms with Gasteiger partial charge in [-0.2, -0.15) is 5.10 Å². The Morgan fingerprint density at radius 2 is 2.10 bits per heavy atom. The van der Waals surface area contributed by atoms with Crippen molar-refractivity contribution in [2.24, 2.45) is 10.1 Å². The van der Waals surface area contributed by atoms with E-state index in [0.29, 0.717) is 37.4 Å². The molecule has 0 spiro atoms. The Morgan fingerprint density at radius 3 is 2.76 bits per heavy atom. The summed E-state index contributed by atoms with van der Waals surface area (Å²) in [6.07, 6.45) is 10.8. The third-order valence-corrected chi connectivity index (χ3v) is 7.13. The van der Waals surface area contributed by atoms with Crippen LogP contribution in [0.2, 0.25) is 0 Å². The molecule has 9 heteroatoms. The highest BCUT2D eigenvalue weighted by molar-refractivity contribution is 5.97. The molecule has 2 atom stereocenters. The van der Waals surface area contributed by atoms with Crippen LogP contribution in [0.5, 0.6) is 11.5 Å². The minimum Gasteiger partial charge on any atom is -0.496 e. The molecule has 0 aromatic heterocycles. The second-order valence-electron chi connectivity index (χ2n) is 10.7. The lowest BCUT2D eigenvalue weighted by Crippen LogP contribution is -2.37. The number of benzene rings is 2. The maximum absolute atomic E-state index is 12.5. The molecule has 0 aliphatic carbocycles. The van der Waals surface area contributed by atoms with Crippen LogP contribution in [0.15, 0.2) is 40.4 Å². The summed E-state index contributed by atoms with van der Waals surface area (Å²) >= 11 is 0. The SMILES string of the molecule is C#Cc1cc(OC)c(=C)/c(=C\N=C(CC)Nc2cc(O[C@@H]3CCN(C(=O)CN(C)C)C3)cc(C3C=NN(C)C3)c2)c1. The number of amidine groups is 1. The van der Waals surface area contributed by atoms with E-state index in [1.807, 2.05) is 61.2 Å². The van der Waals surface area contributed by atoms with Crippen LogP contribution in [0.1, 0.15) is 36.8 Å². The number of carbonyl (C=O) groups excluding carboxylic acids is 1. The van der Waals surface area contributed by atoms with Crippen molar-refractivity contribution in [2.45, 2.75) is 31.8 Å². The Kier molecular flexibility index (Phi) is 9.69. The number of hydrogen-bond donors (Lipinski definition) is 1. The van der Waals surface area contributed by atoms with E-state index < -0.39 is 0 Å². The zero-order valence-electron chi connectivity index (χ0n) is 24.7. The Balaban J connectivity index is 1.59. The van der Waals surface area contributed by atoms with E-state index in [1.54, 1.807) is 19.4 Å². The normalized spacial score (nSPS) is 19.1. The van der Waals surface area contributed by atoms with Crippen LogP contribution in [0, 0.1) is 12.3 Å². The van der Waals surface area contributed by atoms with E-state index in [0.717, 1.165) is 46.2 Å². The number of hydrazone groups is 1. The van der Waals surface area contributed by atoms with Gasteiger partial charge in [0.1, 0.15) is 23.4 Å². The molecule has 1 amide bonds. The number of amides is 1. The lowest BCUT2D eigenvalue weighted by Gasteiger charge is -2.20. The molecule has 2 heterocycles. The quantitative estimate of drug-likeness (QED) is 0.290. The first kappa shape index (κ1) is 29.7. The molecule has 0 saturated carbocycles. The van der Waals surface area contributed by atoms with E-state index in [-0.39, 0.29) is 17.9 Å². The molecular formula is C32H40N6O3. The Bertz CT molecular complexity index is 1480. The molecule has 1 saturated heterocycles.